The van der Waals surface area contributed by atoms with Crippen LogP contribution in [0.3, 0.4) is 0 Å². The third-order valence-corrected chi connectivity index (χ3v) is 7.93. The molecule has 2 aromatic heterocycles. The summed E-state index contributed by atoms with van der Waals surface area (Å²) in [5.41, 5.74) is 9.70. The van der Waals surface area contributed by atoms with Gasteiger partial charge in [0.25, 0.3) is 0 Å². The Hall–Kier alpha value is -4.08. The van der Waals surface area contributed by atoms with E-state index >= 15 is 0 Å². The van der Waals surface area contributed by atoms with Crippen molar-refractivity contribution in [2.24, 2.45) is 0 Å². The molecule has 0 bridgehead atoms. The Balaban J connectivity index is 1.28. The van der Waals surface area contributed by atoms with Gasteiger partial charge < -0.3 is 24.7 Å². The van der Waals surface area contributed by atoms with E-state index in [1.54, 1.807) is 12.4 Å². The van der Waals surface area contributed by atoms with Gasteiger partial charge in [-0.15, -0.1) is 0 Å². The van der Waals surface area contributed by atoms with Crippen LogP contribution >= 0.6 is 0 Å². The molecule has 4 atom stereocenters. The number of benzene rings is 3. The summed E-state index contributed by atoms with van der Waals surface area (Å²) >= 11 is 0. The lowest BCUT2D eigenvalue weighted by Gasteiger charge is -2.37. The zero-order chi connectivity index (χ0) is 28.0. The number of imidazole rings is 1. The van der Waals surface area contributed by atoms with E-state index in [9.17, 15) is 0 Å². The molecule has 2 N–H and O–H groups in total. The van der Waals surface area contributed by atoms with E-state index in [4.69, 9.17) is 24.7 Å². The van der Waals surface area contributed by atoms with E-state index in [0.717, 1.165) is 22.4 Å². The lowest BCUT2D eigenvalue weighted by atomic mass is 9.80. The SMILES string of the molecule is CC1(C)O[C@@H]2[C@H](O1)[C@@H](COC(c1ccccc1)(c1ccccc1)c1ccccc1)O[C@H]2c1cnc2c(N)nccn12. The van der Waals surface area contributed by atoms with Crippen LogP contribution in [-0.2, 0) is 24.5 Å². The van der Waals surface area contributed by atoms with Crippen LogP contribution in [0.25, 0.3) is 5.65 Å². The van der Waals surface area contributed by atoms with E-state index in [1.165, 1.54) is 0 Å². The predicted octanol–water partition coefficient (Wildman–Crippen LogP) is 5.28. The lowest BCUT2D eigenvalue weighted by molar-refractivity contribution is -0.196. The van der Waals surface area contributed by atoms with Crippen molar-refractivity contribution in [3.8, 4) is 0 Å². The second kappa shape index (κ2) is 10.1. The van der Waals surface area contributed by atoms with Gasteiger partial charge in [0.2, 0.25) is 0 Å². The van der Waals surface area contributed by atoms with Crippen LogP contribution in [0.5, 0.6) is 0 Å². The quantitative estimate of drug-likeness (QED) is 0.277. The van der Waals surface area contributed by atoms with Crippen LogP contribution in [0, 0.1) is 0 Å². The Morgan fingerprint density at radius 1 is 0.829 bits per heavy atom. The fourth-order valence-electron chi connectivity index (χ4n) is 6.20. The Morgan fingerprint density at radius 2 is 1.39 bits per heavy atom. The van der Waals surface area contributed by atoms with Crippen molar-refractivity contribution in [3.05, 3.63) is 132 Å². The minimum atomic E-state index is -0.876. The molecule has 3 aromatic carbocycles. The first-order chi connectivity index (χ1) is 20.0. The van der Waals surface area contributed by atoms with E-state index in [-0.39, 0.29) is 18.8 Å². The third-order valence-electron chi connectivity index (χ3n) is 7.93. The van der Waals surface area contributed by atoms with Crippen molar-refractivity contribution in [1.82, 2.24) is 14.4 Å². The van der Waals surface area contributed by atoms with Crippen LogP contribution in [0.15, 0.2) is 110 Å². The summed E-state index contributed by atoms with van der Waals surface area (Å²) in [6.45, 7) is 4.12. The molecule has 2 aliphatic heterocycles. The van der Waals surface area contributed by atoms with Gasteiger partial charge in [-0.2, -0.15) is 0 Å². The normalized spacial score (nSPS) is 23.6. The van der Waals surface area contributed by atoms with Crippen molar-refractivity contribution < 1.29 is 18.9 Å². The van der Waals surface area contributed by atoms with Gasteiger partial charge in [-0.05, 0) is 30.5 Å². The minimum Gasteiger partial charge on any atom is -0.381 e. The molecule has 0 radical (unpaired) electrons. The number of anilines is 1. The zero-order valence-corrected chi connectivity index (χ0v) is 23.0. The topological polar surface area (TPSA) is 93.1 Å². The molecular formula is C33H32N4O4. The maximum Gasteiger partial charge on any atom is 0.180 e. The maximum absolute atomic E-state index is 7.11. The molecule has 0 unspecified atom stereocenters. The first-order valence-corrected chi connectivity index (χ1v) is 13.9. The monoisotopic (exact) mass is 548 g/mol. The second-order valence-electron chi connectivity index (χ2n) is 10.9. The highest BCUT2D eigenvalue weighted by atomic mass is 16.8. The number of nitrogens with two attached hydrogens (primary N) is 1. The summed E-state index contributed by atoms with van der Waals surface area (Å²) < 4.78 is 28.6. The van der Waals surface area contributed by atoms with Crippen molar-refractivity contribution in [3.63, 3.8) is 0 Å². The molecule has 5 aromatic rings. The number of fused-ring (bicyclic) bond motifs is 2. The smallest absolute Gasteiger partial charge is 0.180 e. The summed E-state index contributed by atoms with van der Waals surface area (Å²) in [5.74, 6) is -0.415. The third kappa shape index (κ3) is 4.40. The average molecular weight is 549 g/mol. The first kappa shape index (κ1) is 25.9. The van der Waals surface area contributed by atoms with E-state index in [2.05, 4.69) is 46.4 Å². The Morgan fingerprint density at radius 3 is 1.98 bits per heavy atom. The van der Waals surface area contributed by atoms with Gasteiger partial charge in [0, 0.05) is 12.4 Å². The molecule has 4 heterocycles. The van der Waals surface area contributed by atoms with E-state index in [0.29, 0.717) is 11.5 Å². The van der Waals surface area contributed by atoms with E-state index < -0.39 is 23.6 Å². The second-order valence-corrected chi connectivity index (χ2v) is 10.9. The number of hydrogen-bond donors (Lipinski definition) is 1. The van der Waals surface area contributed by atoms with Crippen molar-refractivity contribution in [2.45, 2.75) is 49.7 Å². The highest BCUT2D eigenvalue weighted by Crippen LogP contribution is 2.47. The number of rotatable bonds is 7. The van der Waals surface area contributed by atoms with Crippen LogP contribution in [-0.4, -0.2) is 45.1 Å². The lowest BCUT2D eigenvalue weighted by Crippen LogP contribution is -2.39. The fourth-order valence-corrected chi connectivity index (χ4v) is 6.20. The van der Waals surface area contributed by atoms with Crippen LogP contribution in [0.4, 0.5) is 5.82 Å². The fraction of sp³-hybridized carbons (Fsp3) is 0.273. The molecule has 0 saturated carbocycles. The molecule has 2 saturated heterocycles. The molecule has 8 heteroatoms. The van der Waals surface area contributed by atoms with Gasteiger partial charge in [-0.25, -0.2) is 9.97 Å². The summed E-state index contributed by atoms with van der Waals surface area (Å²) in [6.07, 6.45) is 3.72. The summed E-state index contributed by atoms with van der Waals surface area (Å²) in [5, 5.41) is 0. The Kier molecular flexibility index (Phi) is 6.36. The summed E-state index contributed by atoms with van der Waals surface area (Å²) in [6, 6.07) is 30.9. The molecule has 0 spiro atoms. The molecule has 0 amide bonds. The molecule has 208 valence electrons. The van der Waals surface area contributed by atoms with Gasteiger partial charge in [0.1, 0.15) is 30.0 Å². The van der Waals surface area contributed by atoms with Crippen LogP contribution < -0.4 is 5.73 Å². The number of nitrogen functional groups attached to an aromatic ring is 1. The Bertz CT molecular complexity index is 1550. The zero-order valence-electron chi connectivity index (χ0n) is 23.0. The molecule has 0 aliphatic carbocycles. The maximum atomic E-state index is 7.11. The molecule has 2 aliphatic rings. The summed E-state index contributed by atoms with van der Waals surface area (Å²) in [4.78, 5) is 8.68. The van der Waals surface area contributed by atoms with E-state index in [1.807, 2.05) is 79.0 Å². The van der Waals surface area contributed by atoms with Crippen molar-refractivity contribution >= 4 is 11.5 Å². The number of ether oxygens (including phenoxy) is 4. The molecule has 2 fully saturated rings. The Labute approximate surface area is 238 Å². The van der Waals surface area contributed by atoms with Gasteiger partial charge in [0.05, 0.1) is 18.5 Å². The molecule has 8 nitrogen and oxygen atoms in total. The van der Waals surface area contributed by atoms with Crippen LogP contribution in [0.2, 0.25) is 0 Å². The predicted molar refractivity (Wildman–Crippen MR) is 154 cm³/mol. The molecule has 41 heavy (non-hydrogen) atoms. The van der Waals surface area contributed by atoms with Crippen LogP contribution in [0.1, 0.15) is 42.3 Å². The number of aromatic nitrogens is 3. The molecular weight excluding hydrogens is 516 g/mol. The van der Waals surface area contributed by atoms with Gasteiger partial charge >= 0.3 is 0 Å². The highest BCUT2D eigenvalue weighted by Gasteiger charge is 2.57. The van der Waals surface area contributed by atoms with Gasteiger partial charge in [-0.3, -0.25) is 4.40 Å². The largest absolute Gasteiger partial charge is 0.381 e. The highest BCUT2D eigenvalue weighted by molar-refractivity contribution is 5.60. The molecule has 7 rings (SSSR count). The number of nitrogens with zero attached hydrogens (tertiary/aromatic N) is 3. The van der Waals surface area contributed by atoms with Gasteiger partial charge in [-0.1, -0.05) is 91.0 Å². The number of hydrogen-bond acceptors (Lipinski definition) is 7. The standard InChI is InChI=1S/C33H32N4O4/c1-32(2)40-28-26(39-27(29(28)41-32)25-20-36-31-30(34)35-18-19-37(25)31)21-38-33(22-12-6-3-7-13-22,23-14-8-4-9-15-23)24-16-10-5-11-17-24/h3-20,26-29H,21H2,1-2H3,(H2,34,35)/t26-,27+,28-,29+/m1/s1. The first-order valence-electron chi connectivity index (χ1n) is 13.9. The van der Waals surface area contributed by atoms with Crippen molar-refractivity contribution in [1.29, 1.82) is 0 Å². The average Bonchev–Trinajstić information content (AvgIpc) is 3.67. The van der Waals surface area contributed by atoms with Gasteiger partial charge in [0.15, 0.2) is 17.3 Å². The minimum absolute atomic E-state index is 0.260. The summed E-state index contributed by atoms with van der Waals surface area (Å²) in [7, 11) is 0. The van der Waals surface area contributed by atoms with Crippen molar-refractivity contribution in [2.75, 3.05) is 12.3 Å².